The number of carbonyl (C=O) groups is 2. The average Bonchev–Trinajstić information content (AvgIpc) is 3.24. The van der Waals surface area contributed by atoms with Gasteiger partial charge in [-0.1, -0.05) is 20.8 Å². The predicted molar refractivity (Wildman–Crippen MR) is 165 cm³/mol. The first-order valence-corrected chi connectivity index (χ1v) is 17.6. The number of methoxy groups -OCH3 is 2. The van der Waals surface area contributed by atoms with Gasteiger partial charge in [0.25, 0.3) is 5.91 Å². The van der Waals surface area contributed by atoms with E-state index in [-0.39, 0.29) is 35.1 Å². The van der Waals surface area contributed by atoms with Crippen molar-refractivity contribution in [2.24, 2.45) is 5.92 Å². The molecule has 1 saturated heterocycles. The maximum Gasteiger partial charge on any atom is 0.410 e. The Kier molecular flexibility index (Phi) is 12.1. The first-order valence-electron chi connectivity index (χ1n) is 14.7. The number of benzene rings is 1. The van der Waals surface area contributed by atoms with Crippen molar-refractivity contribution in [3.05, 3.63) is 23.8 Å². The number of nitrogens with zero attached hydrogens (tertiary/aromatic N) is 2. The van der Waals surface area contributed by atoms with E-state index >= 15 is 0 Å². The second-order valence-corrected chi connectivity index (χ2v) is 18.4. The summed E-state index contributed by atoms with van der Waals surface area (Å²) in [6.45, 7) is 23.1. The predicted octanol–water partition coefficient (Wildman–Crippen LogP) is 6.22. The first kappa shape index (κ1) is 34.9. The van der Waals surface area contributed by atoms with Crippen LogP contribution in [0.25, 0.3) is 0 Å². The highest BCUT2D eigenvalue weighted by molar-refractivity contribution is 6.74. The van der Waals surface area contributed by atoms with Crippen molar-refractivity contribution in [2.45, 2.75) is 97.7 Å². The molecule has 41 heavy (non-hydrogen) atoms. The van der Waals surface area contributed by atoms with Gasteiger partial charge in [0.2, 0.25) is 0 Å². The fourth-order valence-corrected chi connectivity index (χ4v) is 5.81. The number of hydrogen-bond donors (Lipinski definition) is 0. The third-order valence-corrected chi connectivity index (χ3v) is 12.3. The topological polar surface area (TPSA) is 86.8 Å². The highest BCUT2D eigenvalue weighted by Gasteiger charge is 2.46. The van der Waals surface area contributed by atoms with E-state index in [1.807, 2.05) is 39.5 Å². The van der Waals surface area contributed by atoms with Gasteiger partial charge < -0.3 is 33.2 Å². The number of carbonyl (C=O) groups excluding carboxylic acids is 2. The Morgan fingerprint density at radius 2 is 1.68 bits per heavy atom. The lowest BCUT2D eigenvalue weighted by molar-refractivity contribution is 0.0272. The van der Waals surface area contributed by atoms with Crippen LogP contribution in [0.3, 0.4) is 0 Å². The van der Waals surface area contributed by atoms with E-state index in [9.17, 15) is 9.59 Å². The summed E-state index contributed by atoms with van der Waals surface area (Å²) in [6, 6.07) is 5.21. The lowest BCUT2D eigenvalue weighted by Crippen LogP contribution is -2.48. The van der Waals surface area contributed by atoms with Crippen molar-refractivity contribution in [3.63, 3.8) is 0 Å². The molecule has 9 nitrogen and oxygen atoms in total. The second kappa shape index (κ2) is 14.2. The molecule has 1 fully saturated rings. The van der Waals surface area contributed by atoms with Crippen LogP contribution in [0.15, 0.2) is 18.2 Å². The third kappa shape index (κ3) is 9.89. The van der Waals surface area contributed by atoms with E-state index in [0.717, 1.165) is 6.42 Å². The maximum absolute atomic E-state index is 13.9. The van der Waals surface area contributed by atoms with Crippen LogP contribution in [-0.4, -0.2) is 94.9 Å². The summed E-state index contributed by atoms with van der Waals surface area (Å²) < 4.78 is 29.1. The lowest BCUT2D eigenvalue weighted by atomic mass is 10.0. The summed E-state index contributed by atoms with van der Waals surface area (Å²) >= 11 is 0. The Morgan fingerprint density at radius 3 is 2.22 bits per heavy atom. The second-order valence-electron chi connectivity index (χ2n) is 13.7. The zero-order valence-electron chi connectivity index (χ0n) is 27.5. The summed E-state index contributed by atoms with van der Waals surface area (Å²) in [5.41, 5.74) is -0.0760. The molecule has 234 valence electrons. The van der Waals surface area contributed by atoms with E-state index in [4.69, 9.17) is 23.4 Å². The van der Waals surface area contributed by atoms with E-state index in [0.29, 0.717) is 49.9 Å². The number of rotatable bonds is 12. The van der Waals surface area contributed by atoms with E-state index in [1.165, 1.54) is 0 Å². The van der Waals surface area contributed by atoms with Crippen LogP contribution < -0.4 is 9.47 Å². The minimum Gasteiger partial charge on any atom is -0.493 e. The average molecular weight is 595 g/mol. The van der Waals surface area contributed by atoms with Gasteiger partial charge in [0.15, 0.2) is 19.8 Å². The van der Waals surface area contributed by atoms with Crippen molar-refractivity contribution < 1.29 is 33.0 Å². The third-order valence-electron chi connectivity index (χ3n) is 7.76. The molecule has 0 unspecified atom stereocenters. The Balaban J connectivity index is 2.33. The quantitative estimate of drug-likeness (QED) is 0.210. The Morgan fingerprint density at radius 1 is 1.02 bits per heavy atom. The van der Waals surface area contributed by atoms with Gasteiger partial charge in [0, 0.05) is 57.3 Å². The minimum absolute atomic E-state index is 0.00714. The molecule has 1 aliphatic rings. The fraction of sp³-hybridized carbons (Fsp3) is 0.742. The number of ether oxygens (including phenoxy) is 4. The molecule has 1 aromatic carbocycles. The minimum atomic E-state index is -2.15. The van der Waals surface area contributed by atoms with Crippen molar-refractivity contribution in [1.82, 2.24) is 9.80 Å². The molecule has 2 rings (SSSR count). The smallest absolute Gasteiger partial charge is 0.410 e. The zero-order valence-corrected chi connectivity index (χ0v) is 28.5. The monoisotopic (exact) mass is 594 g/mol. The molecule has 0 aromatic heterocycles. The van der Waals surface area contributed by atoms with Crippen LogP contribution in [0.1, 0.15) is 72.2 Å². The Bertz CT molecular complexity index is 1020. The van der Waals surface area contributed by atoms with Crippen LogP contribution in [0, 0.1) is 5.92 Å². The molecule has 1 aliphatic heterocycles. The highest BCUT2D eigenvalue weighted by Crippen LogP contribution is 2.39. The van der Waals surface area contributed by atoms with Gasteiger partial charge in [-0.2, -0.15) is 0 Å². The molecular weight excluding hydrogens is 540 g/mol. The van der Waals surface area contributed by atoms with Crippen LogP contribution in [-0.2, 0) is 13.9 Å². The molecule has 0 saturated carbocycles. The molecule has 1 aromatic rings. The van der Waals surface area contributed by atoms with Crippen molar-refractivity contribution in [1.29, 1.82) is 0 Å². The zero-order chi connectivity index (χ0) is 31.2. The van der Waals surface area contributed by atoms with Gasteiger partial charge in [-0.3, -0.25) is 4.79 Å². The highest BCUT2D eigenvalue weighted by atomic mass is 28.4. The lowest BCUT2D eigenvalue weighted by Gasteiger charge is -2.40. The van der Waals surface area contributed by atoms with E-state index in [1.54, 1.807) is 37.3 Å². The normalized spacial score (nSPS) is 18.0. The van der Waals surface area contributed by atoms with Crippen LogP contribution in [0.4, 0.5) is 4.79 Å². The molecule has 2 atom stereocenters. The van der Waals surface area contributed by atoms with Gasteiger partial charge >= 0.3 is 6.09 Å². The molecule has 0 aliphatic carbocycles. The molecule has 0 bridgehead atoms. The molecule has 10 heteroatoms. The molecular formula is C31H54N2O7Si. The molecule has 0 radical (unpaired) electrons. The van der Waals surface area contributed by atoms with Gasteiger partial charge in [0.05, 0.1) is 19.8 Å². The Labute approximate surface area is 248 Å². The van der Waals surface area contributed by atoms with Gasteiger partial charge in [-0.15, -0.1) is 0 Å². The van der Waals surface area contributed by atoms with E-state index < -0.39 is 13.9 Å². The van der Waals surface area contributed by atoms with Crippen molar-refractivity contribution in [3.8, 4) is 11.5 Å². The molecule has 0 N–H and O–H groups in total. The maximum atomic E-state index is 13.9. The van der Waals surface area contributed by atoms with Gasteiger partial charge in [-0.05, 0) is 71.0 Å². The molecule has 0 spiro atoms. The Hall–Kier alpha value is -2.30. The summed E-state index contributed by atoms with van der Waals surface area (Å²) in [4.78, 5) is 30.6. The van der Waals surface area contributed by atoms with Crippen molar-refractivity contribution >= 4 is 20.3 Å². The summed E-state index contributed by atoms with van der Waals surface area (Å²) in [7, 11) is 1.08. The van der Waals surface area contributed by atoms with Crippen LogP contribution in [0.2, 0.25) is 18.1 Å². The van der Waals surface area contributed by atoms with Crippen LogP contribution >= 0.6 is 0 Å². The number of likely N-dealkylation sites (tertiary alicyclic amines) is 1. The summed E-state index contributed by atoms with van der Waals surface area (Å²) in [5, 5.41) is 0.00714. The van der Waals surface area contributed by atoms with Crippen LogP contribution in [0.5, 0.6) is 11.5 Å². The largest absolute Gasteiger partial charge is 0.493 e. The molecule has 2 amide bonds. The summed E-state index contributed by atoms with van der Waals surface area (Å²) in [6.07, 6.45) is 0.172. The van der Waals surface area contributed by atoms with Gasteiger partial charge in [-0.25, -0.2) is 4.79 Å². The first-order chi connectivity index (χ1) is 18.9. The summed E-state index contributed by atoms with van der Waals surface area (Å²) in [5.74, 6) is 0.924. The SMILES string of the molecule is COCCCOc1cc(C(=O)N(C[C@H]2CN(C(=O)OC(C)(C)C)C[C@H]2O[Si](C)(C)C(C)(C)C)C(C)C)ccc1OC. The molecule has 1 heterocycles. The number of amides is 2. The number of hydrogen-bond acceptors (Lipinski definition) is 7. The standard InChI is InChI=1S/C31H54N2O7Si/c1-22(2)33(28(34)23-14-15-25(37-10)26(18-23)38-17-13-16-36-9)20-24-19-32(29(35)39-30(3,4)5)21-27(24)40-41(11,12)31(6,7)8/h14-15,18,22,24,27H,13,16-17,19-21H2,1-12H3/t24-,27-/m1/s1. The van der Waals surface area contributed by atoms with E-state index in [2.05, 4.69) is 33.9 Å². The van der Waals surface area contributed by atoms with Gasteiger partial charge in [0.1, 0.15) is 5.60 Å². The fourth-order valence-electron chi connectivity index (χ4n) is 4.44. The van der Waals surface area contributed by atoms with Crippen molar-refractivity contribution in [2.75, 3.05) is 47.1 Å².